The van der Waals surface area contributed by atoms with Crippen LogP contribution in [0.1, 0.15) is 45.1 Å². The summed E-state index contributed by atoms with van der Waals surface area (Å²) in [6, 6.07) is 5.84. The summed E-state index contributed by atoms with van der Waals surface area (Å²) in [4.78, 5) is 0. The van der Waals surface area contributed by atoms with Gasteiger partial charge in [0, 0.05) is 6.54 Å². The molecule has 0 heterocycles. The SMILES string of the molecule is CCCCC(CC)CNCc1ccc(N)c(Cl)c1. The van der Waals surface area contributed by atoms with Crippen LogP contribution in [0.15, 0.2) is 18.2 Å². The predicted octanol–water partition coefficient (Wildman–Crippen LogP) is 4.23. The Kier molecular flexibility index (Phi) is 7.14. The average molecular weight is 269 g/mol. The minimum Gasteiger partial charge on any atom is -0.398 e. The Labute approximate surface area is 116 Å². The van der Waals surface area contributed by atoms with Crippen LogP contribution in [0.4, 0.5) is 5.69 Å². The molecule has 0 bridgehead atoms. The number of hydrogen-bond acceptors (Lipinski definition) is 2. The van der Waals surface area contributed by atoms with Gasteiger partial charge < -0.3 is 11.1 Å². The number of nitrogens with two attached hydrogens (primary N) is 1. The first-order chi connectivity index (χ1) is 8.67. The molecule has 0 spiro atoms. The van der Waals surface area contributed by atoms with Crippen molar-refractivity contribution in [2.75, 3.05) is 12.3 Å². The van der Waals surface area contributed by atoms with Crippen LogP contribution in [0.3, 0.4) is 0 Å². The van der Waals surface area contributed by atoms with Crippen LogP contribution in [0.25, 0.3) is 0 Å². The molecule has 0 saturated heterocycles. The third kappa shape index (κ3) is 5.28. The minimum absolute atomic E-state index is 0.646. The summed E-state index contributed by atoms with van der Waals surface area (Å²) in [5.41, 5.74) is 7.53. The van der Waals surface area contributed by atoms with Gasteiger partial charge in [0.1, 0.15) is 0 Å². The van der Waals surface area contributed by atoms with Crippen molar-refractivity contribution in [3.8, 4) is 0 Å². The number of rotatable bonds is 8. The second-order valence-corrected chi connectivity index (χ2v) is 5.31. The number of halogens is 1. The van der Waals surface area contributed by atoms with Crippen molar-refractivity contribution in [2.24, 2.45) is 5.92 Å². The molecule has 3 N–H and O–H groups in total. The lowest BCUT2D eigenvalue weighted by atomic mass is 9.99. The molecule has 0 fully saturated rings. The van der Waals surface area contributed by atoms with Crippen molar-refractivity contribution in [1.29, 1.82) is 0 Å². The fourth-order valence-corrected chi connectivity index (χ4v) is 2.25. The van der Waals surface area contributed by atoms with Crippen LogP contribution in [0, 0.1) is 5.92 Å². The first-order valence-electron chi connectivity index (χ1n) is 6.92. The van der Waals surface area contributed by atoms with E-state index in [0.29, 0.717) is 10.7 Å². The molecule has 1 aromatic carbocycles. The van der Waals surface area contributed by atoms with E-state index < -0.39 is 0 Å². The largest absolute Gasteiger partial charge is 0.398 e. The van der Waals surface area contributed by atoms with Crippen LogP contribution in [-0.4, -0.2) is 6.54 Å². The molecule has 2 nitrogen and oxygen atoms in total. The molecule has 0 radical (unpaired) electrons. The van der Waals surface area contributed by atoms with E-state index in [0.717, 1.165) is 19.0 Å². The highest BCUT2D eigenvalue weighted by molar-refractivity contribution is 6.33. The molecule has 102 valence electrons. The van der Waals surface area contributed by atoms with E-state index in [1.165, 1.54) is 31.2 Å². The van der Waals surface area contributed by atoms with Crippen molar-refractivity contribution in [3.63, 3.8) is 0 Å². The van der Waals surface area contributed by atoms with Gasteiger partial charge in [-0.05, 0) is 36.6 Å². The molecule has 1 rings (SSSR count). The van der Waals surface area contributed by atoms with Gasteiger partial charge in [0.15, 0.2) is 0 Å². The number of anilines is 1. The maximum Gasteiger partial charge on any atom is 0.0638 e. The van der Waals surface area contributed by atoms with Crippen molar-refractivity contribution >= 4 is 17.3 Å². The van der Waals surface area contributed by atoms with E-state index in [1.54, 1.807) is 0 Å². The maximum atomic E-state index is 6.00. The summed E-state index contributed by atoms with van der Waals surface area (Å²) in [6.07, 6.45) is 5.18. The number of unbranched alkanes of at least 4 members (excludes halogenated alkanes) is 1. The summed E-state index contributed by atoms with van der Waals surface area (Å²) in [5, 5.41) is 4.15. The predicted molar refractivity (Wildman–Crippen MR) is 80.9 cm³/mol. The molecule has 0 amide bonds. The van der Waals surface area contributed by atoms with E-state index >= 15 is 0 Å². The van der Waals surface area contributed by atoms with Crippen LogP contribution < -0.4 is 11.1 Å². The smallest absolute Gasteiger partial charge is 0.0638 e. The fraction of sp³-hybridized carbons (Fsp3) is 0.600. The third-order valence-corrected chi connectivity index (χ3v) is 3.70. The standard InChI is InChI=1S/C15H25ClN2/c1-3-5-6-12(4-2)10-18-11-13-7-8-15(17)14(16)9-13/h7-9,12,18H,3-6,10-11,17H2,1-2H3. The zero-order valence-corrected chi connectivity index (χ0v) is 12.3. The molecule has 0 aliphatic heterocycles. The van der Waals surface area contributed by atoms with E-state index in [4.69, 9.17) is 17.3 Å². The Morgan fingerprint density at radius 1 is 1.33 bits per heavy atom. The number of nitrogen functional groups attached to an aromatic ring is 1. The van der Waals surface area contributed by atoms with Crippen molar-refractivity contribution < 1.29 is 0 Å². The molecule has 3 heteroatoms. The number of hydrogen-bond donors (Lipinski definition) is 2. The monoisotopic (exact) mass is 268 g/mol. The highest BCUT2D eigenvalue weighted by Crippen LogP contribution is 2.19. The van der Waals surface area contributed by atoms with Crippen LogP contribution in [0.5, 0.6) is 0 Å². The lowest BCUT2D eigenvalue weighted by Gasteiger charge is -2.15. The van der Waals surface area contributed by atoms with Gasteiger partial charge >= 0.3 is 0 Å². The van der Waals surface area contributed by atoms with Gasteiger partial charge in [-0.3, -0.25) is 0 Å². The van der Waals surface area contributed by atoms with Crippen molar-refractivity contribution in [1.82, 2.24) is 5.32 Å². The van der Waals surface area contributed by atoms with Gasteiger partial charge in [-0.25, -0.2) is 0 Å². The zero-order chi connectivity index (χ0) is 13.4. The highest BCUT2D eigenvalue weighted by Gasteiger charge is 2.05. The first-order valence-corrected chi connectivity index (χ1v) is 7.29. The van der Waals surface area contributed by atoms with Crippen molar-refractivity contribution in [3.05, 3.63) is 28.8 Å². The maximum absolute atomic E-state index is 6.00. The highest BCUT2D eigenvalue weighted by atomic mass is 35.5. The van der Waals surface area contributed by atoms with Crippen molar-refractivity contribution in [2.45, 2.75) is 46.1 Å². The molecule has 0 aromatic heterocycles. The Hall–Kier alpha value is -0.730. The van der Waals surface area contributed by atoms with Gasteiger partial charge in [-0.1, -0.05) is 50.8 Å². The fourth-order valence-electron chi connectivity index (χ4n) is 2.04. The second kappa shape index (κ2) is 8.39. The van der Waals surface area contributed by atoms with Crippen LogP contribution >= 0.6 is 11.6 Å². The zero-order valence-electron chi connectivity index (χ0n) is 11.5. The molecule has 18 heavy (non-hydrogen) atoms. The van der Waals surface area contributed by atoms with Gasteiger partial charge in [-0.15, -0.1) is 0 Å². The van der Waals surface area contributed by atoms with Gasteiger partial charge in [0.25, 0.3) is 0 Å². The van der Waals surface area contributed by atoms with Gasteiger partial charge in [0.05, 0.1) is 10.7 Å². The van der Waals surface area contributed by atoms with E-state index in [9.17, 15) is 0 Å². The van der Waals surface area contributed by atoms with Crippen LogP contribution in [-0.2, 0) is 6.54 Å². The molecular formula is C15H25ClN2. The number of benzene rings is 1. The quantitative estimate of drug-likeness (QED) is 0.693. The normalized spacial score (nSPS) is 12.6. The van der Waals surface area contributed by atoms with Crippen LogP contribution in [0.2, 0.25) is 5.02 Å². The molecular weight excluding hydrogens is 244 g/mol. The lowest BCUT2D eigenvalue weighted by Crippen LogP contribution is -2.22. The lowest BCUT2D eigenvalue weighted by molar-refractivity contribution is 0.419. The summed E-state index contributed by atoms with van der Waals surface area (Å²) >= 11 is 6.00. The van der Waals surface area contributed by atoms with Gasteiger partial charge in [0.2, 0.25) is 0 Å². The Morgan fingerprint density at radius 3 is 2.72 bits per heavy atom. The first kappa shape index (κ1) is 15.3. The molecule has 0 saturated carbocycles. The molecule has 1 aromatic rings. The summed E-state index contributed by atoms with van der Waals surface area (Å²) in [6.45, 7) is 6.46. The average Bonchev–Trinajstić information content (AvgIpc) is 2.37. The summed E-state index contributed by atoms with van der Waals surface area (Å²) in [5.74, 6) is 0.786. The minimum atomic E-state index is 0.646. The Bertz CT molecular complexity index is 352. The summed E-state index contributed by atoms with van der Waals surface area (Å²) in [7, 11) is 0. The molecule has 0 aliphatic carbocycles. The van der Waals surface area contributed by atoms with E-state index in [2.05, 4.69) is 19.2 Å². The number of nitrogens with one attached hydrogen (secondary N) is 1. The topological polar surface area (TPSA) is 38.0 Å². The van der Waals surface area contributed by atoms with E-state index in [-0.39, 0.29) is 0 Å². The molecule has 0 aliphatic rings. The molecule has 1 atom stereocenters. The molecule has 1 unspecified atom stereocenters. The van der Waals surface area contributed by atoms with Gasteiger partial charge in [-0.2, -0.15) is 0 Å². The second-order valence-electron chi connectivity index (χ2n) is 4.90. The Morgan fingerprint density at radius 2 is 2.11 bits per heavy atom. The Balaban J connectivity index is 2.33. The third-order valence-electron chi connectivity index (χ3n) is 3.37. The summed E-state index contributed by atoms with van der Waals surface area (Å²) < 4.78 is 0. The van der Waals surface area contributed by atoms with E-state index in [1.807, 2.05) is 18.2 Å².